The molecule has 0 saturated carbocycles. The average molecular weight is 344 g/mol. The van der Waals surface area contributed by atoms with Crippen molar-refractivity contribution < 1.29 is 9.59 Å². The average Bonchev–Trinajstić information content (AvgIpc) is 2.76. The topological polar surface area (TPSA) is 45.6 Å². The fraction of sp³-hybridized carbons (Fsp3) is 0.571. The van der Waals surface area contributed by atoms with Crippen LogP contribution in [0.2, 0.25) is 0 Å². The van der Waals surface area contributed by atoms with Crippen molar-refractivity contribution in [2.24, 2.45) is 0 Å². The van der Waals surface area contributed by atoms with E-state index in [1.165, 1.54) is 4.90 Å². The standard InChI is InChI=1S/C14H22BrN3O2/c1-6-17(9-13(19)16(4)5)14(20)12-7-11(15)8-18(12)10(2)3/h7-8,10H,6,9H2,1-5H3. The summed E-state index contributed by atoms with van der Waals surface area (Å²) >= 11 is 3.40. The highest BCUT2D eigenvalue weighted by atomic mass is 79.9. The van der Waals surface area contributed by atoms with Crippen molar-refractivity contribution >= 4 is 27.7 Å². The third kappa shape index (κ3) is 3.85. The molecule has 0 fully saturated rings. The predicted octanol–water partition coefficient (Wildman–Crippen LogP) is 2.38. The Morgan fingerprint density at radius 3 is 2.40 bits per heavy atom. The molecule has 0 N–H and O–H groups in total. The Hall–Kier alpha value is -1.30. The van der Waals surface area contributed by atoms with Crippen molar-refractivity contribution in [3.63, 3.8) is 0 Å². The summed E-state index contributed by atoms with van der Waals surface area (Å²) in [6.07, 6.45) is 1.89. The summed E-state index contributed by atoms with van der Waals surface area (Å²) < 4.78 is 2.78. The van der Waals surface area contributed by atoms with E-state index in [1.807, 2.05) is 31.5 Å². The molecule has 20 heavy (non-hydrogen) atoms. The maximum absolute atomic E-state index is 12.6. The van der Waals surface area contributed by atoms with Crippen molar-refractivity contribution in [1.29, 1.82) is 0 Å². The molecule has 2 amide bonds. The Morgan fingerprint density at radius 2 is 1.95 bits per heavy atom. The summed E-state index contributed by atoms with van der Waals surface area (Å²) in [5.41, 5.74) is 0.597. The summed E-state index contributed by atoms with van der Waals surface area (Å²) in [5.74, 6) is -0.205. The van der Waals surface area contributed by atoms with Gasteiger partial charge in [0, 0.05) is 37.4 Å². The number of aromatic nitrogens is 1. The minimum atomic E-state index is -0.123. The van der Waals surface area contributed by atoms with E-state index in [0.29, 0.717) is 12.2 Å². The first-order chi connectivity index (χ1) is 9.27. The molecular formula is C14H22BrN3O2. The smallest absolute Gasteiger partial charge is 0.270 e. The van der Waals surface area contributed by atoms with Gasteiger partial charge in [0.2, 0.25) is 5.91 Å². The van der Waals surface area contributed by atoms with Crippen molar-refractivity contribution in [3.8, 4) is 0 Å². The first-order valence-corrected chi connectivity index (χ1v) is 7.44. The van der Waals surface area contributed by atoms with Gasteiger partial charge in [-0.05, 0) is 42.8 Å². The SMILES string of the molecule is CCN(CC(=O)N(C)C)C(=O)c1cc(Br)cn1C(C)C. The van der Waals surface area contributed by atoms with E-state index in [0.717, 1.165) is 4.47 Å². The van der Waals surface area contributed by atoms with Gasteiger partial charge < -0.3 is 14.4 Å². The lowest BCUT2D eigenvalue weighted by atomic mass is 10.3. The van der Waals surface area contributed by atoms with Crippen molar-refractivity contribution in [2.45, 2.75) is 26.8 Å². The molecule has 112 valence electrons. The van der Waals surface area contributed by atoms with Gasteiger partial charge in [-0.25, -0.2) is 0 Å². The van der Waals surface area contributed by atoms with Crippen LogP contribution in [0, 0.1) is 0 Å². The molecule has 1 heterocycles. The van der Waals surface area contributed by atoms with Gasteiger partial charge >= 0.3 is 0 Å². The van der Waals surface area contributed by atoms with Gasteiger partial charge in [-0.3, -0.25) is 9.59 Å². The van der Waals surface area contributed by atoms with E-state index in [2.05, 4.69) is 15.9 Å². The van der Waals surface area contributed by atoms with Crippen LogP contribution >= 0.6 is 15.9 Å². The molecule has 1 aromatic heterocycles. The molecule has 0 aromatic carbocycles. The second-order valence-electron chi connectivity index (χ2n) is 5.15. The lowest BCUT2D eigenvalue weighted by Crippen LogP contribution is -2.40. The van der Waals surface area contributed by atoms with Crippen molar-refractivity contribution in [3.05, 3.63) is 22.4 Å². The Balaban J connectivity index is 3.00. The highest BCUT2D eigenvalue weighted by Crippen LogP contribution is 2.20. The van der Waals surface area contributed by atoms with Gasteiger partial charge in [0.25, 0.3) is 5.91 Å². The molecule has 1 aromatic rings. The molecule has 0 unspecified atom stereocenters. The Bertz CT molecular complexity index is 495. The van der Waals surface area contributed by atoms with E-state index in [-0.39, 0.29) is 24.4 Å². The maximum atomic E-state index is 12.6. The Labute approximate surface area is 128 Å². The van der Waals surface area contributed by atoms with Crippen LogP contribution < -0.4 is 0 Å². The zero-order chi connectivity index (χ0) is 15.4. The highest BCUT2D eigenvalue weighted by Gasteiger charge is 2.22. The molecule has 0 aliphatic carbocycles. The predicted molar refractivity (Wildman–Crippen MR) is 82.8 cm³/mol. The van der Waals surface area contributed by atoms with Crippen LogP contribution in [0.25, 0.3) is 0 Å². The van der Waals surface area contributed by atoms with Crippen LogP contribution in [0.3, 0.4) is 0 Å². The lowest BCUT2D eigenvalue weighted by Gasteiger charge is -2.23. The summed E-state index contributed by atoms with van der Waals surface area (Å²) in [7, 11) is 3.38. The summed E-state index contributed by atoms with van der Waals surface area (Å²) in [6.45, 7) is 6.51. The molecule has 6 heteroatoms. The van der Waals surface area contributed by atoms with Gasteiger partial charge in [0.15, 0.2) is 0 Å². The Morgan fingerprint density at radius 1 is 1.35 bits per heavy atom. The lowest BCUT2D eigenvalue weighted by molar-refractivity contribution is -0.129. The van der Waals surface area contributed by atoms with Gasteiger partial charge in [-0.15, -0.1) is 0 Å². The van der Waals surface area contributed by atoms with E-state index in [4.69, 9.17) is 0 Å². The molecule has 0 spiro atoms. The quantitative estimate of drug-likeness (QED) is 0.823. The van der Waals surface area contributed by atoms with Gasteiger partial charge in [-0.1, -0.05) is 0 Å². The van der Waals surface area contributed by atoms with Gasteiger partial charge in [0.05, 0.1) is 0 Å². The zero-order valence-corrected chi connectivity index (χ0v) is 14.3. The summed E-state index contributed by atoms with van der Waals surface area (Å²) in [5, 5.41) is 0. The zero-order valence-electron chi connectivity index (χ0n) is 12.7. The molecular weight excluding hydrogens is 322 g/mol. The minimum Gasteiger partial charge on any atom is -0.347 e. The van der Waals surface area contributed by atoms with Gasteiger partial charge in [0.1, 0.15) is 12.2 Å². The first kappa shape index (κ1) is 16.8. The van der Waals surface area contributed by atoms with E-state index in [1.54, 1.807) is 25.1 Å². The highest BCUT2D eigenvalue weighted by molar-refractivity contribution is 9.10. The number of rotatable bonds is 5. The number of likely N-dealkylation sites (N-methyl/N-ethyl adjacent to an activating group) is 2. The minimum absolute atomic E-state index is 0.0816. The maximum Gasteiger partial charge on any atom is 0.270 e. The van der Waals surface area contributed by atoms with E-state index < -0.39 is 0 Å². The fourth-order valence-corrected chi connectivity index (χ4v) is 2.28. The molecule has 5 nitrogen and oxygen atoms in total. The number of nitrogens with zero attached hydrogens (tertiary/aromatic N) is 3. The van der Waals surface area contributed by atoms with Crippen LogP contribution in [-0.2, 0) is 4.79 Å². The third-order valence-corrected chi connectivity index (χ3v) is 3.52. The van der Waals surface area contributed by atoms with Crippen LogP contribution in [0.5, 0.6) is 0 Å². The second-order valence-corrected chi connectivity index (χ2v) is 6.07. The molecule has 0 bridgehead atoms. The molecule has 0 saturated heterocycles. The molecule has 1 rings (SSSR count). The molecule has 0 atom stereocenters. The number of halogens is 1. The van der Waals surface area contributed by atoms with E-state index >= 15 is 0 Å². The number of amides is 2. The summed E-state index contributed by atoms with van der Waals surface area (Å²) in [4.78, 5) is 27.4. The normalized spacial score (nSPS) is 10.8. The van der Waals surface area contributed by atoms with E-state index in [9.17, 15) is 9.59 Å². The molecule has 0 aliphatic rings. The Kier molecular flexibility index (Phi) is 5.80. The van der Waals surface area contributed by atoms with Crippen LogP contribution in [0.1, 0.15) is 37.3 Å². The number of hydrogen-bond acceptors (Lipinski definition) is 2. The second kappa shape index (κ2) is 6.92. The third-order valence-electron chi connectivity index (χ3n) is 3.08. The fourth-order valence-electron chi connectivity index (χ4n) is 1.84. The van der Waals surface area contributed by atoms with Gasteiger partial charge in [-0.2, -0.15) is 0 Å². The van der Waals surface area contributed by atoms with Crippen molar-refractivity contribution in [1.82, 2.24) is 14.4 Å². The number of hydrogen-bond donors (Lipinski definition) is 0. The largest absolute Gasteiger partial charge is 0.347 e. The van der Waals surface area contributed by atoms with Crippen molar-refractivity contribution in [2.75, 3.05) is 27.2 Å². The number of carbonyl (C=O) groups is 2. The van der Waals surface area contributed by atoms with Crippen LogP contribution in [0.15, 0.2) is 16.7 Å². The monoisotopic (exact) mass is 343 g/mol. The summed E-state index contributed by atoms with van der Waals surface area (Å²) in [6, 6.07) is 1.98. The van der Waals surface area contributed by atoms with Crippen LogP contribution in [-0.4, -0.2) is 53.4 Å². The number of carbonyl (C=O) groups excluding carboxylic acids is 2. The molecule has 0 aliphatic heterocycles. The molecule has 0 radical (unpaired) electrons. The first-order valence-electron chi connectivity index (χ1n) is 6.64. The van der Waals surface area contributed by atoms with Crippen LogP contribution in [0.4, 0.5) is 0 Å².